The Morgan fingerprint density at radius 2 is 1.92 bits per heavy atom. The molecule has 0 unspecified atom stereocenters. The first-order valence-corrected chi connectivity index (χ1v) is 9.55. The van der Waals surface area contributed by atoms with Gasteiger partial charge in [0.05, 0.1) is 12.8 Å². The zero-order valence-electron chi connectivity index (χ0n) is 14.5. The summed E-state index contributed by atoms with van der Waals surface area (Å²) in [6.45, 7) is 2.64. The highest BCUT2D eigenvalue weighted by atomic mass is 32.2. The van der Waals surface area contributed by atoms with Crippen molar-refractivity contribution in [1.29, 1.82) is 0 Å². The zero-order chi connectivity index (χ0) is 18.7. The highest BCUT2D eigenvalue weighted by molar-refractivity contribution is 7.90. The molecule has 1 N–H and O–H groups in total. The van der Waals surface area contributed by atoms with Gasteiger partial charge in [0.15, 0.2) is 0 Å². The second-order valence-corrected chi connectivity index (χ2v) is 7.36. The monoisotopic (exact) mass is 373 g/mol. The summed E-state index contributed by atoms with van der Waals surface area (Å²) in [7, 11) is -2.24. The number of ether oxygens (including phenoxy) is 1. The van der Waals surface area contributed by atoms with Crippen LogP contribution in [0.15, 0.2) is 51.8 Å². The number of nitrogens with one attached hydrogen (secondary N) is 1. The van der Waals surface area contributed by atoms with Gasteiger partial charge in [-0.3, -0.25) is 4.79 Å². The van der Waals surface area contributed by atoms with E-state index in [4.69, 9.17) is 4.74 Å². The Kier molecular flexibility index (Phi) is 4.94. The van der Waals surface area contributed by atoms with Gasteiger partial charge in [-0.15, -0.1) is 4.40 Å². The smallest absolute Gasteiger partial charge is 0.285 e. The van der Waals surface area contributed by atoms with Gasteiger partial charge in [0.1, 0.15) is 17.0 Å². The van der Waals surface area contributed by atoms with Gasteiger partial charge in [-0.25, -0.2) is 0 Å². The normalized spacial score (nSPS) is 14.6. The number of hydrogen-bond donors (Lipinski definition) is 1. The number of sulfonamides is 1. The van der Waals surface area contributed by atoms with Crippen molar-refractivity contribution in [3.63, 3.8) is 0 Å². The van der Waals surface area contributed by atoms with Crippen LogP contribution in [0.5, 0.6) is 5.75 Å². The third-order valence-corrected chi connectivity index (χ3v) is 5.20. The molecule has 0 fully saturated rings. The van der Waals surface area contributed by atoms with E-state index in [0.29, 0.717) is 23.7 Å². The molecule has 2 aromatic carbocycles. The minimum Gasteiger partial charge on any atom is -0.497 e. The van der Waals surface area contributed by atoms with E-state index in [-0.39, 0.29) is 10.5 Å². The van der Waals surface area contributed by atoms with E-state index in [1.54, 1.807) is 48.4 Å². The van der Waals surface area contributed by atoms with Crippen LogP contribution in [0.2, 0.25) is 0 Å². The first kappa shape index (κ1) is 17.9. The summed E-state index contributed by atoms with van der Waals surface area (Å²) < 4.78 is 33.2. The van der Waals surface area contributed by atoms with Crippen LogP contribution >= 0.6 is 0 Å². The van der Waals surface area contributed by atoms with Gasteiger partial charge in [0, 0.05) is 17.8 Å². The average molecular weight is 373 g/mol. The Hall–Kier alpha value is -2.87. The zero-order valence-corrected chi connectivity index (χ0v) is 15.3. The number of fused-ring (bicyclic) bond motifs is 1. The van der Waals surface area contributed by atoms with Crippen LogP contribution in [0.4, 0.5) is 11.4 Å². The predicted molar refractivity (Wildman–Crippen MR) is 101 cm³/mol. The molecule has 1 amide bonds. The lowest BCUT2D eigenvalue weighted by Crippen LogP contribution is -2.28. The molecule has 0 aliphatic carbocycles. The maximum Gasteiger partial charge on any atom is 0.285 e. The number of methoxy groups -OCH3 is 1. The van der Waals surface area contributed by atoms with Crippen LogP contribution < -0.4 is 15.0 Å². The first-order chi connectivity index (χ1) is 12.4. The molecule has 3 rings (SSSR count). The Morgan fingerprint density at radius 3 is 2.58 bits per heavy atom. The van der Waals surface area contributed by atoms with Crippen molar-refractivity contribution in [2.75, 3.05) is 23.9 Å². The van der Waals surface area contributed by atoms with Crippen LogP contribution in [0.25, 0.3) is 0 Å². The van der Waals surface area contributed by atoms with Gasteiger partial charge in [-0.1, -0.05) is 6.92 Å². The highest BCUT2D eigenvalue weighted by Crippen LogP contribution is 2.31. The Morgan fingerprint density at radius 1 is 1.19 bits per heavy atom. The molecule has 0 bridgehead atoms. The molecule has 1 aliphatic heterocycles. The quantitative estimate of drug-likeness (QED) is 0.871. The van der Waals surface area contributed by atoms with E-state index in [2.05, 4.69) is 9.71 Å². The standard InChI is InChI=1S/C18H19N3O4S/c1-3-10-21-12-19-26(23,24)17-11-13(4-9-16(17)21)18(22)20-14-5-7-15(25-2)8-6-14/h4-9,11-12H,3,10H2,1-2H3,(H,20,22). The molecule has 7 nitrogen and oxygen atoms in total. The van der Waals surface area contributed by atoms with Crippen molar-refractivity contribution in [2.24, 2.45) is 4.40 Å². The topological polar surface area (TPSA) is 88.1 Å². The molecular weight excluding hydrogens is 354 g/mol. The summed E-state index contributed by atoms with van der Waals surface area (Å²) in [6, 6.07) is 11.5. The van der Waals surface area contributed by atoms with Crippen LogP contribution in [-0.4, -0.2) is 34.3 Å². The minimum absolute atomic E-state index is 0.0378. The molecule has 0 radical (unpaired) electrons. The fourth-order valence-electron chi connectivity index (χ4n) is 2.63. The lowest BCUT2D eigenvalue weighted by atomic mass is 10.1. The molecule has 0 aromatic heterocycles. The largest absolute Gasteiger partial charge is 0.497 e. The third-order valence-electron chi connectivity index (χ3n) is 3.95. The Labute approximate surface area is 152 Å². The Bertz CT molecular complexity index is 953. The number of anilines is 2. The van der Waals surface area contributed by atoms with Crippen LogP contribution in [0, 0.1) is 0 Å². The predicted octanol–water partition coefficient (Wildman–Crippen LogP) is 2.89. The van der Waals surface area contributed by atoms with Crippen molar-refractivity contribution in [1.82, 2.24) is 0 Å². The van der Waals surface area contributed by atoms with E-state index in [1.807, 2.05) is 6.92 Å². The van der Waals surface area contributed by atoms with Crippen LogP contribution in [0.3, 0.4) is 0 Å². The minimum atomic E-state index is -3.80. The van der Waals surface area contributed by atoms with Crippen molar-refractivity contribution in [2.45, 2.75) is 18.2 Å². The molecule has 0 spiro atoms. The van der Waals surface area contributed by atoms with E-state index >= 15 is 0 Å². The third kappa shape index (κ3) is 3.55. The van der Waals surface area contributed by atoms with E-state index in [9.17, 15) is 13.2 Å². The lowest BCUT2D eigenvalue weighted by molar-refractivity contribution is 0.102. The van der Waals surface area contributed by atoms with Gasteiger partial charge in [-0.05, 0) is 48.9 Å². The molecule has 0 saturated carbocycles. The number of carbonyl (C=O) groups excluding carboxylic acids is 1. The molecule has 1 heterocycles. The number of hydrogen-bond acceptors (Lipinski definition) is 5. The van der Waals surface area contributed by atoms with E-state index in [1.165, 1.54) is 12.4 Å². The molecule has 26 heavy (non-hydrogen) atoms. The SMILES string of the molecule is CCCN1C=NS(=O)(=O)c2cc(C(=O)Nc3ccc(OC)cc3)ccc21. The van der Waals surface area contributed by atoms with Crippen molar-refractivity contribution in [3.8, 4) is 5.75 Å². The maximum absolute atomic E-state index is 12.5. The van der Waals surface area contributed by atoms with Gasteiger partial charge < -0.3 is 15.0 Å². The van der Waals surface area contributed by atoms with E-state index < -0.39 is 15.9 Å². The van der Waals surface area contributed by atoms with Crippen molar-refractivity contribution in [3.05, 3.63) is 48.0 Å². The van der Waals surface area contributed by atoms with Gasteiger partial charge in [0.25, 0.3) is 15.9 Å². The number of rotatable bonds is 5. The molecule has 0 atom stereocenters. The summed E-state index contributed by atoms with van der Waals surface area (Å²) in [4.78, 5) is 14.3. The average Bonchev–Trinajstić information content (AvgIpc) is 2.64. The van der Waals surface area contributed by atoms with Crippen LogP contribution in [-0.2, 0) is 10.0 Å². The fraction of sp³-hybridized carbons (Fsp3) is 0.222. The summed E-state index contributed by atoms with van der Waals surface area (Å²) in [5, 5.41) is 2.74. The molecule has 8 heteroatoms. The maximum atomic E-state index is 12.5. The summed E-state index contributed by atoms with van der Waals surface area (Å²) in [6.07, 6.45) is 2.16. The number of nitrogens with zero attached hydrogens (tertiary/aromatic N) is 2. The molecule has 2 aromatic rings. The van der Waals surface area contributed by atoms with Gasteiger partial charge in [-0.2, -0.15) is 8.42 Å². The fourth-order valence-corrected chi connectivity index (χ4v) is 3.71. The van der Waals surface area contributed by atoms with Gasteiger partial charge in [0.2, 0.25) is 0 Å². The number of benzene rings is 2. The van der Waals surface area contributed by atoms with Crippen molar-refractivity contribution >= 4 is 33.6 Å². The van der Waals surface area contributed by atoms with E-state index in [0.717, 1.165) is 6.42 Å². The summed E-state index contributed by atoms with van der Waals surface area (Å²) >= 11 is 0. The second-order valence-electron chi connectivity index (χ2n) is 5.75. The molecule has 136 valence electrons. The van der Waals surface area contributed by atoms with Gasteiger partial charge >= 0.3 is 0 Å². The van der Waals surface area contributed by atoms with Crippen molar-refractivity contribution < 1.29 is 17.9 Å². The Balaban J connectivity index is 1.89. The number of carbonyl (C=O) groups is 1. The molecule has 1 aliphatic rings. The molecule has 0 saturated heterocycles. The first-order valence-electron chi connectivity index (χ1n) is 8.11. The summed E-state index contributed by atoms with van der Waals surface area (Å²) in [5.41, 5.74) is 1.36. The summed E-state index contributed by atoms with van der Waals surface area (Å²) in [5.74, 6) is 0.279. The molecular formula is C18H19N3O4S. The van der Waals surface area contributed by atoms with Crippen LogP contribution in [0.1, 0.15) is 23.7 Å². The second kappa shape index (κ2) is 7.17. The number of amides is 1. The lowest BCUT2D eigenvalue weighted by Gasteiger charge is -2.25. The highest BCUT2D eigenvalue weighted by Gasteiger charge is 2.26.